The lowest BCUT2D eigenvalue weighted by Gasteiger charge is -2.33. The lowest BCUT2D eigenvalue weighted by atomic mass is 9.93. The number of aromatic nitrogens is 3. The minimum atomic E-state index is -0.483. The molecule has 1 amide bonds. The van der Waals surface area contributed by atoms with Gasteiger partial charge in [-0.1, -0.05) is 29.8 Å². The molecule has 0 unspecified atom stereocenters. The predicted octanol–water partition coefficient (Wildman–Crippen LogP) is 4.57. The summed E-state index contributed by atoms with van der Waals surface area (Å²) in [6.07, 6.45) is 2.42. The molecule has 30 heavy (non-hydrogen) atoms. The molecule has 1 saturated heterocycles. The van der Waals surface area contributed by atoms with E-state index in [2.05, 4.69) is 9.97 Å². The molecule has 1 aliphatic heterocycles. The Morgan fingerprint density at radius 3 is 2.67 bits per heavy atom. The Bertz CT molecular complexity index is 1140. The number of piperidine rings is 1. The average Bonchev–Trinajstić information content (AvgIpc) is 3.02. The number of aryl methyl sites for hydroxylation is 1. The van der Waals surface area contributed by atoms with E-state index in [0.717, 1.165) is 35.7 Å². The summed E-state index contributed by atoms with van der Waals surface area (Å²) in [6.45, 7) is 7.59. The van der Waals surface area contributed by atoms with Gasteiger partial charge in [0.1, 0.15) is 11.1 Å². The van der Waals surface area contributed by atoms with Crippen molar-refractivity contribution >= 4 is 39.6 Å². The number of carbonyl (C=O) groups is 1. The Morgan fingerprint density at radius 1 is 1.27 bits per heavy atom. The van der Waals surface area contributed by atoms with Crippen LogP contribution in [0, 0.1) is 5.92 Å². The van der Waals surface area contributed by atoms with E-state index in [9.17, 15) is 9.59 Å². The highest BCUT2D eigenvalue weighted by Crippen LogP contribution is 2.28. The quantitative estimate of drug-likeness (QED) is 0.617. The van der Waals surface area contributed by atoms with Gasteiger partial charge in [-0.05, 0) is 52.0 Å². The van der Waals surface area contributed by atoms with Gasteiger partial charge in [-0.2, -0.15) is 0 Å². The number of pyridine rings is 1. The summed E-state index contributed by atoms with van der Waals surface area (Å²) in [5, 5.41) is 1.22. The second-order valence-corrected chi connectivity index (χ2v) is 9.28. The summed E-state index contributed by atoms with van der Waals surface area (Å²) in [5.74, 6) is 0.448. The van der Waals surface area contributed by atoms with Crippen molar-refractivity contribution in [2.45, 2.75) is 52.2 Å². The molecule has 0 radical (unpaired) electrons. The van der Waals surface area contributed by atoms with Crippen molar-refractivity contribution in [3.05, 3.63) is 39.9 Å². The third-order valence-electron chi connectivity index (χ3n) is 5.60. The second-order valence-electron chi connectivity index (χ2n) is 8.92. The highest BCUT2D eigenvalue weighted by molar-refractivity contribution is 6.35. The highest BCUT2D eigenvalue weighted by Gasteiger charge is 2.27. The van der Waals surface area contributed by atoms with E-state index in [4.69, 9.17) is 16.3 Å². The van der Waals surface area contributed by atoms with Crippen LogP contribution < -0.4 is 5.69 Å². The van der Waals surface area contributed by atoms with Crippen LogP contribution in [-0.4, -0.2) is 44.2 Å². The summed E-state index contributed by atoms with van der Waals surface area (Å²) >= 11 is 6.32. The third-order valence-corrected chi connectivity index (χ3v) is 5.87. The van der Waals surface area contributed by atoms with E-state index in [1.807, 2.05) is 45.0 Å². The number of H-pyrrole nitrogens is 1. The second kappa shape index (κ2) is 7.95. The van der Waals surface area contributed by atoms with Crippen LogP contribution in [0.3, 0.4) is 0 Å². The number of amides is 1. The normalized spacial score (nSPS) is 15.8. The van der Waals surface area contributed by atoms with Crippen LogP contribution >= 0.6 is 11.6 Å². The maximum atomic E-state index is 12.6. The van der Waals surface area contributed by atoms with Gasteiger partial charge in [-0.3, -0.25) is 4.57 Å². The van der Waals surface area contributed by atoms with E-state index in [0.29, 0.717) is 36.2 Å². The zero-order chi connectivity index (χ0) is 21.5. The van der Waals surface area contributed by atoms with Crippen LogP contribution in [0.15, 0.2) is 29.1 Å². The van der Waals surface area contributed by atoms with Crippen molar-refractivity contribution < 1.29 is 9.53 Å². The first-order valence-electron chi connectivity index (χ1n) is 10.4. The molecule has 3 heterocycles. The van der Waals surface area contributed by atoms with E-state index in [1.54, 1.807) is 9.47 Å². The van der Waals surface area contributed by atoms with E-state index < -0.39 is 5.60 Å². The largest absolute Gasteiger partial charge is 0.444 e. The molecular weight excluding hydrogens is 404 g/mol. The Labute approximate surface area is 180 Å². The summed E-state index contributed by atoms with van der Waals surface area (Å²) in [4.78, 5) is 33.9. The number of aromatic amines is 1. The lowest BCUT2D eigenvalue weighted by Crippen LogP contribution is -2.41. The molecule has 0 saturated carbocycles. The number of benzene rings is 1. The maximum Gasteiger partial charge on any atom is 0.410 e. The first kappa shape index (κ1) is 20.7. The molecular formula is C22H27ClN4O3. The Balaban J connectivity index is 1.47. The van der Waals surface area contributed by atoms with E-state index >= 15 is 0 Å². The highest BCUT2D eigenvalue weighted by atomic mass is 35.5. The first-order valence-corrected chi connectivity index (χ1v) is 10.8. The summed E-state index contributed by atoms with van der Waals surface area (Å²) in [5.41, 5.74) is 1.51. The number of hydrogen-bond donors (Lipinski definition) is 1. The SMILES string of the molecule is CC(C)(C)OC(=O)N1CCC(CCn2c(=O)[nH]c3c(Cl)nc4ccccc4c32)CC1. The average molecular weight is 431 g/mol. The van der Waals surface area contributed by atoms with Gasteiger partial charge in [0, 0.05) is 25.0 Å². The molecule has 1 N–H and O–H groups in total. The molecule has 160 valence electrons. The number of halogens is 1. The van der Waals surface area contributed by atoms with Gasteiger partial charge in [0.2, 0.25) is 0 Å². The molecule has 0 aliphatic carbocycles. The number of ether oxygens (including phenoxy) is 1. The van der Waals surface area contributed by atoms with Gasteiger partial charge in [-0.15, -0.1) is 0 Å². The lowest BCUT2D eigenvalue weighted by molar-refractivity contribution is 0.0180. The molecule has 3 aromatic rings. The monoisotopic (exact) mass is 430 g/mol. The summed E-state index contributed by atoms with van der Waals surface area (Å²) < 4.78 is 7.24. The van der Waals surface area contributed by atoms with Crippen LogP contribution in [0.4, 0.5) is 4.79 Å². The fourth-order valence-electron chi connectivity index (χ4n) is 4.09. The molecule has 7 nitrogen and oxygen atoms in total. The number of imidazole rings is 1. The Kier molecular flexibility index (Phi) is 5.49. The van der Waals surface area contributed by atoms with Gasteiger partial charge < -0.3 is 14.6 Å². The molecule has 4 rings (SSSR count). The van der Waals surface area contributed by atoms with Crippen molar-refractivity contribution in [3.63, 3.8) is 0 Å². The predicted molar refractivity (Wildman–Crippen MR) is 118 cm³/mol. The van der Waals surface area contributed by atoms with Crippen molar-refractivity contribution in [1.29, 1.82) is 0 Å². The molecule has 0 spiro atoms. The number of rotatable bonds is 3. The van der Waals surface area contributed by atoms with E-state index in [-0.39, 0.29) is 11.8 Å². The molecule has 1 aromatic carbocycles. The van der Waals surface area contributed by atoms with Gasteiger partial charge in [-0.25, -0.2) is 14.6 Å². The zero-order valence-electron chi connectivity index (χ0n) is 17.6. The van der Waals surface area contributed by atoms with Gasteiger partial charge in [0.05, 0.1) is 11.0 Å². The number of carbonyl (C=O) groups excluding carboxylic acids is 1. The Hall–Kier alpha value is -2.54. The standard InChI is InChI=1S/C22H27ClN4O3/c1-22(2,3)30-21(29)26-11-8-14(9-12-26)10-13-27-18-15-6-4-5-7-16(15)24-19(23)17(18)25-20(27)28/h4-7,14H,8-13H2,1-3H3,(H,25,28). The zero-order valence-corrected chi connectivity index (χ0v) is 18.3. The number of para-hydroxylation sites is 1. The first-order chi connectivity index (χ1) is 14.2. The van der Waals surface area contributed by atoms with E-state index in [1.165, 1.54) is 0 Å². The molecule has 1 fully saturated rings. The number of fused-ring (bicyclic) bond motifs is 3. The topological polar surface area (TPSA) is 80.2 Å². The fraction of sp³-hybridized carbons (Fsp3) is 0.500. The minimum absolute atomic E-state index is 0.170. The van der Waals surface area contributed by atoms with Gasteiger partial charge in [0.15, 0.2) is 5.15 Å². The number of likely N-dealkylation sites (tertiary alicyclic amines) is 1. The van der Waals surface area contributed by atoms with Gasteiger partial charge >= 0.3 is 11.8 Å². The summed E-state index contributed by atoms with van der Waals surface area (Å²) in [6, 6.07) is 7.70. The molecule has 8 heteroatoms. The molecule has 2 aromatic heterocycles. The fourth-order valence-corrected chi connectivity index (χ4v) is 4.32. The molecule has 0 atom stereocenters. The maximum absolute atomic E-state index is 12.6. The third kappa shape index (κ3) is 4.17. The van der Waals surface area contributed by atoms with Crippen molar-refractivity contribution in [2.24, 2.45) is 5.92 Å². The molecule has 0 bridgehead atoms. The van der Waals surface area contributed by atoms with Crippen LogP contribution in [0.5, 0.6) is 0 Å². The van der Waals surface area contributed by atoms with Crippen molar-refractivity contribution in [3.8, 4) is 0 Å². The Morgan fingerprint density at radius 2 is 1.97 bits per heavy atom. The number of nitrogens with one attached hydrogen (secondary N) is 1. The van der Waals surface area contributed by atoms with Crippen molar-refractivity contribution in [1.82, 2.24) is 19.4 Å². The minimum Gasteiger partial charge on any atom is -0.444 e. The number of hydrogen-bond acceptors (Lipinski definition) is 4. The van der Waals surface area contributed by atoms with Crippen LogP contribution in [0.1, 0.15) is 40.0 Å². The van der Waals surface area contributed by atoms with Crippen LogP contribution in [-0.2, 0) is 11.3 Å². The summed E-state index contributed by atoms with van der Waals surface area (Å²) in [7, 11) is 0. The van der Waals surface area contributed by atoms with Crippen LogP contribution in [0.2, 0.25) is 5.15 Å². The number of nitrogens with zero attached hydrogens (tertiary/aromatic N) is 3. The molecule has 1 aliphatic rings. The van der Waals surface area contributed by atoms with Crippen LogP contribution in [0.25, 0.3) is 21.9 Å². The smallest absolute Gasteiger partial charge is 0.410 e. The van der Waals surface area contributed by atoms with Gasteiger partial charge in [0.25, 0.3) is 0 Å². The van der Waals surface area contributed by atoms with Crippen molar-refractivity contribution in [2.75, 3.05) is 13.1 Å².